The maximum atomic E-state index is 9.20. The Labute approximate surface area is 60.6 Å². The van der Waals surface area contributed by atoms with Gasteiger partial charge in [0.2, 0.25) is 0 Å². The highest BCUT2D eigenvalue weighted by Gasteiger charge is 2.26. The first-order chi connectivity index (χ1) is 4.74. The van der Waals surface area contributed by atoms with Crippen molar-refractivity contribution in [2.75, 3.05) is 6.61 Å². The molecule has 3 nitrogen and oxygen atoms in total. The van der Waals surface area contributed by atoms with E-state index in [1.54, 1.807) is 0 Å². The smallest absolute Gasteiger partial charge is 0.107 e. The van der Waals surface area contributed by atoms with Crippen molar-refractivity contribution >= 4 is 0 Å². The van der Waals surface area contributed by atoms with Crippen LogP contribution in [0.4, 0.5) is 0 Å². The molecule has 1 aliphatic heterocycles. The lowest BCUT2D eigenvalue weighted by Crippen LogP contribution is -2.39. The van der Waals surface area contributed by atoms with Gasteiger partial charge in [-0.1, -0.05) is 0 Å². The summed E-state index contributed by atoms with van der Waals surface area (Å²) in [6.45, 7) is 1.88. The highest BCUT2D eigenvalue weighted by molar-refractivity contribution is 4.75. The SMILES string of the molecule is C[C@H]1CC[C@H](O)[C@@H](CO)O1. The maximum Gasteiger partial charge on any atom is 0.107 e. The number of rotatable bonds is 1. The molecule has 0 spiro atoms. The molecule has 1 fully saturated rings. The molecule has 0 amide bonds. The van der Waals surface area contributed by atoms with Crippen LogP contribution in [0.2, 0.25) is 0 Å². The summed E-state index contributed by atoms with van der Waals surface area (Å²) in [5, 5.41) is 17.9. The second-order valence-electron chi connectivity index (χ2n) is 2.81. The van der Waals surface area contributed by atoms with Gasteiger partial charge in [0.25, 0.3) is 0 Å². The van der Waals surface area contributed by atoms with Crippen molar-refractivity contribution in [3.63, 3.8) is 0 Å². The lowest BCUT2D eigenvalue weighted by molar-refractivity contribution is -0.127. The zero-order chi connectivity index (χ0) is 7.56. The van der Waals surface area contributed by atoms with Gasteiger partial charge in [0.1, 0.15) is 6.10 Å². The molecule has 0 radical (unpaired) electrons. The van der Waals surface area contributed by atoms with Gasteiger partial charge >= 0.3 is 0 Å². The van der Waals surface area contributed by atoms with Crippen LogP contribution in [0, 0.1) is 0 Å². The number of aliphatic hydroxyl groups excluding tert-OH is 2. The number of hydrogen-bond donors (Lipinski definition) is 2. The zero-order valence-electron chi connectivity index (χ0n) is 6.16. The number of ether oxygens (including phenoxy) is 1. The summed E-state index contributed by atoms with van der Waals surface area (Å²) in [5.41, 5.74) is 0. The molecule has 0 aromatic rings. The Morgan fingerprint density at radius 1 is 1.50 bits per heavy atom. The summed E-state index contributed by atoms with van der Waals surface area (Å²) >= 11 is 0. The predicted octanol–water partition coefficient (Wildman–Crippen LogP) is -0.0929. The van der Waals surface area contributed by atoms with Crippen LogP contribution in [0.5, 0.6) is 0 Å². The molecule has 3 heteroatoms. The number of hydrogen-bond acceptors (Lipinski definition) is 3. The van der Waals surface area contributed by atoms with Crippen LogP contribution in [0.3, 0.4) is 0 Å². The van der Waals surface area contributed by atoms with E-state index < -0.39 is 6.10 Å². The summed E-state index contributed by atoms with van der Waals surface area (Å²) in [6.07, 6.45) is 0.981. The molecule has 0 bridgehead atoms. The second kappa shape index (κ2) is 3.32. The van der Waals surface area contributed by atoms with Gasteiger partial charge in [0.15, 0.2) is 0 Å². The summed E-state index contributed by atoms with van der Waals surface area (Å²) in [7, 11) is 0. The van der Waals surface area contributed by atoms with E-state index in [2.05, 4.69) is 0 Å². The topological polar surface area (TPSA) is 49.7 Å². The molecular formula is C7H14O3. The predicted molar refractivity (Wildman–Crippen MR) is 36.7 cm³/mol. The molecule has 0 unspecified atom stereocenters. The van der Waals surface area contributed by atoms with E-state index in [-0.39, 0.29) is 18.8 Å². The van der Waals surface area contributed by atoms with Gasteiger partial charge in [0, 0.05) is 0 Å². The molecule has 0 aliphatic carbocycles. The van der Waals surface area contributed by atoms with Crippen molar-refractivity contribution in [3.8, 4) is 0 Å². The maximum absolute atomic E-state index is 9.20. The van der Waals surface area contributed by atoms with E-state index >= 15 is 0 Å². The Kier molecular flexibility index (Phi) is 2.65. The highest BCUT2D eigenvalue weighted by atomic mass is 16.5. The Morgan fingerprint density at radius 3 is 2.70 bits per heavy atom. The van der Waals surface area contributed by atoms with E-state index in [0.717, 1.165) is 12.8 Å². The van der Waals surface area contributed by atoms with E-state index in [9.17, 15) is 5.11 Å². The molecule has 0 aromatic heterocycles. The third-order valence-corrected chi connectivity index (χ3v) is 1.89. The van der Waals surface area contributed by atoms with Crippen LogP contribution in [-0.4, -0.2) is 35.1 Å². The van der Waals surface area contributed by atoms with Gasteiger partial charge in [-0.15, -0.1) is 0 Å². The quantitative estimate of drug-likeness (QED) is 0.543. The van der Waals surface area contributed by atoms with Crippen molar-refractivity contribution < 1.29 is 14.9 Å². The normalized spacial score (nSPS) is 41.7. The van der Waals surface area contributed by atoms with E-state index in [4.69, 9.17) is 9.84 Å². The van der Waals surface area contributed by atoms with Crippen LogP contribution in [0.25, 0.3) is 0 Å². The third-order valence-electron chi connectivity index (χ3n) is 1.89. The van der Waals surface area contributed by atoms with Crippen LogP contribution < -0.4 is 0 Å². The minimum absolute atomic E-state index is 0.0779. The van der Waals surface area contributed by atoms with Crippen molar-refractivity contribution in [1.29, 1.82) is 0 Å². The molecule has 1 heterocycles. The highest BCUT2D eigenvalue weighted by Crippen LogP contribution is 2.18. The molecular weight excluding hydrogens is 132 g/mol. The average molecular weight is 146 g/mol. The Bertz CT molecular complexity index is 105. The first-order valence-electron chi connectivity index (χ1n) is 3.68. The van der Waals surface area contributed by atoms with Crippen LogP contribution in [0.15, 0.2) is 0 Å². The van der Waals surface area contributed by atoms with Crippen LogP contribution in [-0.2, 0) is 4.74 Å². The summed E-state index contributed by atoms with van der Waals surface area (Å²) in [6, 6.07) is 0. The fraction of sp³-hybridized carbons (Fsp3) is 1.00. The summed E-state index contributed by atoms with van der Waals surface area (Å²) in [4.78, 5) is 0. The molecule has 0 aromatic carbocycles. The van der Waals surface area contributed by atoms with E-state index in [1.165, 1.54) is 0 Å². The van der Waals surface area contributed by atoms with Gasteiger partial charge < -0.3 is 14.9 Å². The standard InChI is InChI=1S/C7H14O3/c1-5-2-3-6(9)7(4-8)10-5/h5-9H,2-4H2,1H3/t5-,6-,7+/m0/s1. The largest absolute Gasteiger partial charge is 0.394 e. The van der Waals surface area contributed by atoms with Crippen LogP contribution >= 0.6 is 0 Å². The van der Waals surface area contributed by atoms with Crippen molar-refractivity contribution in [1.82, 2.24) is 0 Å². The van der Waals surface area contributed by atoms with Gasteiger partial charge in [0.05, 0.1) is 18.8 Å². The van der Waals surface area contributed by atoms with Crippen molar-refractivity contribution in [3.05, 3.63) is 0 Å². The minimum Gasteiger partial charge on any atom is -0.394 e. The first-order valence-corrected chi connectivity index (χ1v) is 3.68. The molecule has 1 saturated heterocycles. The third kappa shape index (κ3) is 1.68. The lowest BCUT2D eigenvalue weighted by Gasteiger charge is -2.30. The monoisotopic (exact) mass is 146 g/mol. The van der Waals surface area contributed by atoms with Gasteiger partial charge in [-0.05, 0) is 19.8 Å². The second-order valence-corrected chi connectivity index (χ2v) is 2.81. The Hall–Kier alpha value is -0.120. The molecule has 1 aliphatic rings. The molecule has 1 rings (SSSR count). The van der Waals surface area contributed by atoms with E-state index in [0.29, 0.717) is 0 Å². The summed E-state index contributed by atoms with van der Waals surface area (Å²) in [5.74, 6) is 0. The number of aliphatic hydroxyl groups is 2. The zero-order valence-corrected chi connectivity index (χ0v) is 6.16. The fourth-order valence-electron chi connectivity index (χ4n) is 1.21. The first kappa shape index (κ1) is 7.98. The lowest BCUT2D eigenvalue weighted by atomic mass is 10.0. The molecule has 2 N–H and O–H groups in total. The molecule has 60 valence electrons. The van der Waals surface area contributed by atoms with E-state index in [1.807, 2.05) is 6.92 Å². The average Bonchev–Trinajstić information content (AvgIpc) is 1.94. The van der Waals surface area contributed by atoms with Gasteiger partial charge in [-0.25, -0.2) is 0 Å². The molecule has 10 heavy (non-hydrogen) atoms. The van der Waals surface area contributed by atoms with Gasteiger partial charge in [-0.2, -0.15) is 0 Å². The van der Waals surface area contributed by atoms with Gasteiger partial charge in [-0.3, -0.25) is 0 Å². The Morgan fingerprint density at radius 2 is 2.20 bits per heavy atom. The summed E-state index contributed by atoms with van der Waals surface area (Å²) < 4.78 is 5.25. The minimum atomic E-state index is -0.471. The van der Waals surface area contributed by atoms with Crippen LogP contribution in [0.1, 0.15) is 19.8 Å². The molecule has 3 atom stereocenters. The van der Waals surface area contributed by atoms with Crippen molar-refractivity contribution in [2.24, 2.45) is 0 Å². The fourth-order valence-corrected chi connectivity index (χ4v) is 1.21. The Balaban J connectivity index is 2.38. The molecule has 0 saturated carbocycles. The van der Waals surface area contributed by atoms with Crippen molar-refractivity contribution in [2.45, 2.75) is 38.1 Å².